The maximum absolute atomic E-state index is 9.21. The lowest BCUT2D eigenvalue weighted by atomic mass is 9.92. The summed E-state index contributed by atoms with van der Waals surface area (Å²) in [5.74, 6) is 0. The Morgan fingerprint density at radius 3 is 1.96 bits per heavy atom. The maximum atomic E-state index is 9.21. The molecule has 26 heavy (non-hydrogen) atoms. The second-order valence-corrected chi connectivity index (χ2v) is 6.50. The van der Waals surface area contributed by atoms with E-state index >= 15 is 0 Å². The molecular formula is C25H21N. The molecule has 1 atom stereocenters. The molecule has 1 aliphatic rings. The highest BCUT2D eigenvalue weighted by molar-refractivity contribution is 5.70. The molecule has 0 bridgehead atoms. The van der Waals surface area contributed by atoms with Crippen molar-refractivity contribution in [1.29, 1.82) is 5.26 Å². The van der Waals surface area contributed by atoms with Crippen LogP contribution in [0.25, 0.3) is 18.2 Å². The number of nitrogens with zero attached hydrogens (tertiary/aromatic N) is 1. The van der Waals surface area contributed by atoms with Crippen molar-refractivity contribution in [2.75, 3.05) is 0 Å². The van der Waals surface area contributed by atoms with Gasteiger partial charge >= 0.3 is 0 Å². The quantitative estimate of drug-likeness (QED) is 0.589. The molecule has 0 N–H and O–H groups in total. The summed E-state index contributed by atoms with van der Waals surface area (Å²) in [6, 6.07) is 21.0. The summed E-state index contributed by atoms with van der Waals surface area (Å²) in [4.78, 5) is 0. The molecule has 1 heteroatoms. The highest BCUT2D eigenvalue weighted by Gasteiger charge is 2.16. The number of rotatable bonds is 4. The molecule has 2 aromatic rings. The maximum Gasteiger partial charge on any atom is 0.0911 e. The summed E-state index contributed by atoms with van der Waals surface area (Å²) in [6.07, 6.45) is 18.2. The van der Waals surface area contributed by atoms with Crippen molar-refractivity contribution >= 4 is 18.2 Å². The lowest BCUT2D eigenvalue weighted by Gasteiger charge is -2.08. The monoisotopic (exact) mass is 335 g/mol. The van der Waals surface area contributed by atoms with Gasteiger partial charge in [-0.05, 0) is 29.2 Å². The highest BCUT2D eigenvalue weighted by Crippen LogP contribution is 2.23. The normalized spacial score (nSPS) is 19.5. The van der Waals surface area contributed by atoms with Crippen LogP contribution in [0.5, 0.6) is 0 Å². The van der Waals surface area contributed by atoms with Gasteiger partial charge in [0.2, 0.25) is 0 Å². The first-order chi connectivity index (χ1) is 12.7. The van der Waals surface area contributed by atoms with E-state index in [1.807, 2.05) is 55.5 Å². The molecule has 0 aliphatic heterocycles. The van der Waals surface area contributed by atoms with Gasteiger partial charge < -0.3 is 0 Å². The van der Waals surface area contributed by atoms with Gasteiger partial charge in [-0.25, -0.2) is 0 Å². The van der Waals surface area contributed by atoms with Crippen molar-refractivity contribution in [1.82, 2.24) is 0 Å². The predicted molar refractivity (Wildman–Crippen MR) is 111 cm³/mol. The SMILES string of the molecule is CC1(C#N)C=CC=C(/C=C/c2ccc(/C=C/c3ccccc3)cc2)C=C1. The molecule has 0 fully saturated rings. The van der Waals surface area contributed by atoms with E-state index in [2.05, 4.69) is 66.8 Å². The van der Waals surface area contributed by atoms with Gasteiger partial charge in [0, 0.05) is 0 Å². The van der Waals surface area contributed by atoms with Crippen LogP contribution in [0, 0.1) is 16.7 Å². The smallest absolute Gasteiger partial charge is 0.0911 e. The molecule has 0 heterocycles. The molecule has 0 saturated heterocycles. The van der Waals surface area contributed by atoms with Crippen LogP contribution < -0.4 is 0 Å². The first-order valence-electron chi connectivity index (χ1n) is 8.68. The number of nitriles is 1. The van der Waals surface area contributed by atoms with Gasteiger partial charge in [0.25, 0.3) is 0 Å². The van der Waals surface area contributed by atoms with E-state index in [4.69, 9.17) is 0 Å². The molecule has 126 valence electrons. The number of allylic oxidation sites excluding steroid dienone is 7. The summed E-state index contributed by atoms with van der Waals surface area (Å²) in [6.45, 7) is 1.90. The van der Waals surface area contributed by atoms with Crippen LogP contribution in [0.4, 0.5) is 0 Å². The van der Waals surface area contributed by atoms with Gasteiger partial charge in [-0.3, -0.25) is 0 Å². The predicted octanol–water partition coefficient (Wildman–Crippen LogP) is 6.45. The van der Waals surface area contributed by atoms with E-state index in [9.17, 15) is 5.26 Å². The summed E-state index contributed by atoms with van der Waals surface area (Å²) < 4.78 is 0. The van der Waals surface area contributed by atoms with Crippen LogP contribution in [0.15, 0.2) is 96.6 Å². The highest BCUT2D eigenvalue weighted by atomic mass is 14.3. The van der Waals surface area contributed by atoms with Crippen molar-refractivity contribution in [2.24, 2.45) is 5.41 Å². The lowest BCUT2D eigenvalue weighted by molar-refractivity contribution is 0.737. The largest absolute Gasteiger partial charge is 0.197 e. The van der Waals surface area contributed by atoms with Crippen molar-refractivity contribution in [3.63, 3.8) is 0 Å². The number of hydrogen-bond donors (Lipinski definition) is 0. The van der Waals surface area contributed by atoms with Crippen molar-refractivity contribution in [2.45, 2.75) is 6.92 Å². The molecule has 1 aliphatic carbocycles. The Kier molecular flexibility index (Phi) is 5.46. The first kappa shape index (κ1) is 17.5. The van der Waals surface area contributed by atoms with E-state index in [0.717, 1.165) is 11.1 Å². The zero-order chi connectivity index (χ0) is 18.2. The Morgan fingerprint density at radius 1 is 0.769 bits per heavy atom. The fourth-order valence-corrected chi connectivity index (χ4v) is 2.59. The Hall–Kier alpha value is -3.37. The standard InChI is InChI=1S/C25H21N/c1-25(20-26)18-5-8-22(17-19-25)10-12-24-15-13-23(14-16-24)11-9-21-6-3-2-4-7-21/h2-19H,1H3/b11-9+,12-10+. The molecule has 0 amide bonds. The molecule has 1 nitrogen and oxygen atoms in total. The van der Waals surface area contributed by atoms with Crippen molar-refractivity contribution < 1.29 is 0 Å². The molecule has 1 unspecified atom stereocenters. The Balaban J connectivity index is 1.66. The van der Waals surface area contributed by atoms with Gasteiger partial charge in [-0.1, -0.05) is 109 Å². The zero-order valence-corrected chi connectivity index (χ0v) is 14.8. The summed E-state index contributed by atoms with van der Waals surface area (Å²) in [7, 11) is 0. The third-order valence-corrected chi connectivity index (χ3v) is 4.27. The lowest BCUT2D eigenvalue weighted by Crippen LogP contribution is -2.04. The molecule has 3 rings (SSSR count). The van der Waals surface area contributed by atoms with Crippen LogP contribution >= 0.6 is 0 Å². The third-order valence-electron chi connectivity index (χ3n) is 4.27. The molecular weight excluding hydrogens is 314 g/mol. The molecule has 0 saturated carbocycles. The van der Waals surface area contributed by atoms with Crippen molar-refractivity contribution in [3.05, 3.63) is 113 Å². The summed E-state index contributed by atoms with van der Waals surface area (Å²) in [5, 5.41) is 9.21. The number of hydrogen-bond acceptors (Lipinski definition) is 1. The van der Waals surface area contributed by atoms with Gasteiger partial charge in [0.15, 0.2) is 0 Å². The fourth-order valence-electron chi connectivity index (χ4n) is 2.59. The minimum absolute atomic E-state index is 0.529. The van der Waals surface area contributed by atoms with Crippen LogP contribution in [0.3, 0.4) is 0 Å². The average Bonchev–Trinajstić information content (AvgIpc) is 2.88. The minimum atomic E-state index is -0.529. The summed E-state index contributed by atoms with van der Waals surface area (Å²) >= 11 is 0. The number of benzene rings is 2. The van der Waals surface area contributed by atoms with Gasteiger partial charge in [-0.15, -0.1) is 0 Å². The van der Waals surface area contributed by atoms with Crippen LogP contribution in [0.1, 0.15) is 23.6 Å². The average molecular weight is 335 g/mol. The second-order valence-electron chi connectivity index (χ2n) is 6.50. The van der Waals surface area contributed by atoms with Gasteiger partial charge in [-0.2, -0.15) is 5.26 Å². The topological polar surface area (TPSA) is 23.8 Å². The van der Waals surface area contributed by atoms with E-state index in [0.29, 0.717) is 0 Å². The third kappa shape index (κ3) is 4.82. The second kappa shape index (κ2) is 8.14. The van der Waals surface area contributed by atoms with Crippen LogP contribution in [0.2, 0.25) is 0 Å². The Morgan fingerprint density at radius 2 is 1.35 bits per heavy atom. The van der Waals surface area contributed by atoms with Crippen LogP contribution in [-0.4, -0.2) is 0 Å². The first-order valence-corrected chi connectivity index (χ1v) is 8.68. The summed E-state index contributed by atoms with van der Waals surface area (Å²) in [5.41, 5.74) is 4.06. The zero-order valence-electron chi connectivity index (χ0n) is 14.8. The van der Waals surface area contributed by atoms with E-state index in [1.54, 1.807) is 0 Å². The van der Waals surface area contributed by atoms with E-state index < -0.39 is 5.41 Å². The molecule has 0 aromatic heterocycles. The van der Waals surface area contributed by atoms with Crippen molar-refractivity contribution in [3.8, 4) is 6.07 Å². The molecule has 0 spiro atoms. The van der Waals surface area contributed by atoms with Gasteiger partial charge in [0.05, 0.1) is 11.5 Å². The minimum Gasteiger partial charge on any atom is -0.197 e. The molecule has 0 radical (unpaired) electrons. The van der Waals surface area contributed by atoms with Gasteiger partial charge in [0.1, 0.15) is 0 Å². The van der Waals surface area contributed by atoms with Crippen LogP contribution in [-0.2, 0) is 0 Å². The van der Waals surface area contributed by atoms with E-state index in [1.165, 1.54) is 11.1 Å². The fraction of sp³-hybridized carbons (Fsp3) is 0.0800. The Bertz CT molecular complexity index is 932. The van der Waals surface area contributed by atoms with E-state index in [-0.39, 0.29) is 0 Å². The molecule has 2 aromatic carbocycles. The Labute approximate surface area is 155 Å².